The number of anilines is 1. The molecular weight excluding hydrogens is 443 g/mol. The van der Waals surface area contributed by atoms with Crippen molar-refractivity contribution in [2.75, 3.05) is 24.2 Å². The van der Waals surface area contributed by atoms with Gasteiger partial charge >= 0.3 is 0 Å². The molecular formula is C24H25FN4O3S. The van der Waals surface area contributed by atoms with Crippen molar-refractivity contribution in [2.24, 2.45) is 0 Å². The summed E-state index contributed by atoms with van der Waals surface area (Å²) in [4.78, 5) is 27.4. The van der Waals surface area contributed by atoms with Crippen molar-refractivity contribution in [3.63, 3.8) is 0 Å². The van der Waals surface area contributed by atoms with Crippen molar-refractivity contribution in [3.05, 3.63) is 76.1 Å². The quantitative estimate of drug-likeness (QED) is 0.598. The van der Waals surface area contributed by atoms with E-state index in [0.29, 0.717) is 29.6 Å². The Morgan fingerprint density at radius 3 is 2.58 bits per heavy atom. The molecule has 2 aromatic rings. The van der Waals surface area contributed by atoms with E-state index < -0.39 is 17.6 Å². The first kappa shape index (κ1) is 24.1. The van der Waals surface area contributed by atoms with Crippen LogP contribution in [0.25, 0.3) is 0 Å². The predicted molar refractivity (Wildman–Crippen MR) is 125 cm³/mol. The second kappa shape index (κ2) is 10.9. The van der Waals surface area contributed by atoms with Gasteiger partial charge in [-0.15, -0.1) is 0 Å². The van der Waals surface area contributed by atoms with E-state index in [1.807, 2.05) is 13.8 Å². The summed E-state index contributed by atoms with van der Waals surface area (Å²) in [7, 11) is 0. The number of hydrogen-bond donors (Lipinski definition) is 2. The fourth-order valence-corrected chi connectivity index (χ4v) is 4.62. The van der Waals surface area contributed by atoms with Gasteiger partial charge in [-0.05, 0) is 45.0 Å². The molecule has 1 atom stereocenters. The van der Waals surface area contributed by atoms with Crippen molar-refractivity contribution >= 4 is 29.3 Å². The maximum atomic E-state index is 14.1. The molecule has 1 aliphatic heterocycles. The molecule has 7 nitrogen and oxygen atoms in total. The second-order valence-electron chi connectivity index (χ2n) is 7.26. The highest BCUT2D eigenvalue weighted by molar-refractivity contribution is 8.03. The van der Waals surface area contributed by atoms with Crippen LogP contribution < -0.4 is 10.6 Å². The topological polar surface area (TPSA) is 98.4 Å². The van der Waals surface area contributed by atoms with Gasteiger partial charge in [-0.3, -0.25) is 9.59 Å². The molecule has 0 saturated carbocycles. The maximum Gasteiger partial charge on any atom is 0.254 e. The molecule has 9 heteroatoms. The number of rotatable bonds is 8. The highest BCUT2D eigenvalue weighted by atomic mass is 32.2. The number of benzene rings is 1. The molecule has 0 bridgehead atoms. The van der Waals surface area contributed by atoms with Crippen LogP contribution in [-0.2, 0) is 9.59 Å². The molecule has 0 radical (unpaired) electrons. The van der Waals surface area contributed by atoms with Crippen LogP contribution >= 0.6 is 11.8 Å². The Morgan fingerprint density at radius 1 is 1.24 bits per heavy atom. The van der Waals surface area contributed by atoms with Crippen molar-refractivity contribution in [3.8, 4) is 6.07 Å². The number of carbonyl (C=O) groups is 2. The lowest BCUT2D eigenvalue weighted by Crippen LogP contribution is -2.33. The fraction of sp³-hybridized carbons (Fsp3) is 0.292. The third kappa shape index (κ3) is 5.29. The van der Waals surface area contributed by atoms with Gasteiger partial charge in [0.15, 0.2) is 0 Å². The average molecular weight is 469 g/mol. The number of nitriles is 1. The summed E-state index contributed by atoms with van der Waals surface area (Å²) >= 11 is 1.21. The number of nitrogens with one attached hydrogen (secondary N) is 2. The van der Waals surface area contributed by atoms with Gasteiger partial charge in [-0.25, -0.2) is 4.39 Å². The van der Waals surface area contributed by atoms with Crippen molar-refractivity contribution in [1.29, 1.82) is 5.26 Å². The summed E-state index contributed by atoms with van der Waals surface area (Å²) in [5.41, 5.74) is 1.02. The van der Waals surface area contributed by atoms with E-state index in [2.05, 4.69) is 16.7 Å². The standard InChI is InChI=1S/C24H25FN4O3S/c1-4-29(5-2)20(30)14-33-24-16(13-26)22(19-11-8-12-32-19)21(15(3)27-24)23(31)28-18-10-7-6-9-17(18)25/h6-12,22,27H,4-5,14H2,1-3H3,(H,28,31)/t22-/m1/s1. The van der Waals surface area contributed by atoms with Crippen LogP contribution in [0.1, 0.15) is 32.4 Å². The number of para-hydroxylation sites is 1. The summed E-state index contributed by atoms with van der Waals surface area (Å²) in [6.07, 6.45) is 1.46. The van der Waals surface area contributed by atoms with Gasteiger partial charge in [-0.1, -0.05) is 23.9 Å². The summed E-state index contributed by atoms with van der Waals surface area (Å²) in [5, 5.41) is 16.2. The van der Waals surface area contributed by atoms with Crippen LogP contribution in [0, 0.1) is 17.1 Å². The van der Waals surface area contributed by atoms with E-state index in [1.54, 1.807) is 30.0 Å². The van der Waals surface area contributed by atoms with Gasteiger partial charge in [0.05, 0.1) is 45.9 Å². The number of amides is 2. The number of furan rings is 1. The van der Waals surface area contributed by atoms with Crippen LogP contribution in [0.5, 0.6) is 0 Å². The van der Waals surface area contributed by atoms with E-state index in [4.69, 9.17) is 4.42 Å². The Labute approximate surface area is 196 Å². The zero-order valence-corrected chi connectivity index (χ0v) is 19.5. The van der Waals surface area contributed by atoms with Gasteiger partial charge in [0, 0.05) is 18.8 Å². The first-order chi connectivity index (χ1) is 15.9. The van der Waals surface area contributed by atoms with Gasteiger partial charge in [-0.2, -0.15) is 5.26 Å². The SMILES string of the molecule is CCN(CC)C(=O)CSC1=C(C#N)[C@H](c2ccco2)C(C(=O)Nc2ccccc2F)=C(C)N1. The molecule has 0 spiro atoms. The van der Waals surface area contributed by atoms with E-state index in [9.17, 15) is 19.2 Å². The Kier molecular flexibility index (Phi) is 7.96. The lowest BCUT2D eigenvalue weighted by atomic mass is 9.85. The lowest BCUT2D eigenvalue weighted by molar-refractivity contribution is -0.128. The zero-order valence-electron chi connectivity index (χ0n) is 18.6. The summed E-state index contributed by atoms with van der Waals surface area (Å²) in [5.74, 6) is -1.42. The minimum Gasteiger partial charge on any atom is -0.468 e. The molecule has 0 aliphatic carbocycles. The van der Waals surface area contributed by atoms with Crippen LogP contribution in [0.2, 0.25) is 0 Å². The Hall–Kier alpha value is -3.51. The highest BCUT2D eigenvalue weighted by Crippen LogP contribution is 2.41. The molecule has 2 N–H and O–H groups in total. The van der Waals surface area contributed by atoms with Crippen LogP contribution in [-0.4, -0.2) is 35.6 Å². The van der Waals surface area contributed by atoms with Crippen molar-refractivity contribution < 1.29 is 18.4 Å². The smallest absolute Gasteiger partial charge is 0.254 e. The van der Waals surface area contributed by atoms with Crippen molar-refractivity contribution in [1.82, 2.24) is 10.2 Å². The number of allylic oxidation sites excluding steroid dienone is 2. The van der Waals surface area contributed by atoms with Gasteiger partial charge in [0.1, 0.15) is 11.6 Å². The predicted octanol–water partition coefficient (Wildman–Crippen LogP) is 4.35. The molecule has 3 rings (SSSR count). The maximum absolute atomic E-state index is 14.1. The third-order valence-electron chi connectivity index (χ3n) is 5.30. The number of thioether (sulfide) groups is 1. The molecule has 1 aliphatic rings. The summed E-state index contributed by atoms with van der Waals surface area (Å²) < 4.78 is 19.7. The minimum absolute atomic E-state index is 0.0356. The normalized spacial score (nSPS) is 15.7. The summed E-state index contributed by atoms with van der Waals surface area (Å²) in [6, 6.07) is 11.4. The average Bonchev–Trinajstić information content (AvgIpc) is 3.34. The van der Waals surface area contributed by atoms with E-state index in [1.165, 1.54) is 36.2 Å². The van der Waals surface area contributed by atoms with E-state index in [-0.39, 0.29) is 28.5 Å². The second-order valence-corrected chi connectivity index (χ2v) is 8.24. The van der Waals surface area contributed by atoms with Gasteiger partial charge in [0.25, 0.3) is 5.91 Å². The van der Waals surface area contributed by atoms with Crippen LogP contribution in [0.15, 0.2) is 69.0 Å². The monoisotopic (exact) mass is 468 g/mol. The number of nitrogens with zero attached hydrogens (tertiary/aromatic N) is 2. The largest absolute Gasteiger partial charge is 0.468 e. The number of carbonyl (C=O) groups excluding carboxylic acids is 2. The minimum atomic E-state index is -0.802. The van der Waals surface area contributed by atoms with E-state index >= 15 is 0 Å². The third-order valence-corrected chi connectivity index (χ3v) is 6.30. The molecule has 1 aromatic carbocycles. The molecule has 0 fully saturated rings. The molecule has 172 valence electrons. The number of halogens is 1. The number of hydrogen-bond acceptors (Lipinski definition) is 6. The first-order valence-corrected chi connectivity index (χ1v) is 11.5. The Balaban J connectivity index is 1.95. The van der Waals surface area contributed by atoms with Crippen LogP contribution in [0.4, 0.5) is 10.1 Å². The summed E-state index contributed by atoms with van der Waals surface area (Å²) in [6.45, 7) is 6.72. The Morgan fingerprint density at radius 2 is 1.97 bits per heavy atom. The molecule has 0 unspecified atom stereocenters. The Bertz CT molecular complexity index is 1130. The molecule has 2 amide bonds. The molecule has 0 saturated heterocycles. The highest BCUT2D eigenvalue weighted by Gasteiger charge is 2.36. The number of dihydropyridines is 1. The fourth-order valence-electron chi connectivity index (χ4n) is 3.62. The molecule has 2 heterocycles. The van der Waals surface area contributed by atoms with Gasteiger partial charge < -0.3 is 20.0 Å². The van der Waals surface area contributed by atoms with E-state index in [0.717, 1.165) is 0 Å². The zero-order chi connectivity index (χ0) is 24.0. The molecule has 33 heavy (non-hydrogen) atoms. The van der Waals surface area contributed by atoms with Crippen LogP contribution in [0.3, 0.4) is 0 Å². The first-order valence-electron chi connectivity index (χ1n) is 10.5. The van der Waals surface area contributed by atoms with Gasteiger partial charge in [0.2, 0.25) is 5.91 Å². The lowest BCUT2D eigenvalue weighted by Gasteiger charge is -2.28. The van der Waals surface area contributed by atoms with Crippen molar-refractivity contribution in [2.45, 2.75) is 26.7 Å². The molecule has 1 aromatic heterocycles.